The molecule has 0 atom stereocenters. The average molecular weight is 230 g/mol. The standard InChI is InChI=1S/C14H14O3/c1-14(2,3)9-7-11(16)12-8(13(9)17)5-4-6-10(12)15/h4-7,15H,1-3H3. The Morgan fingerprint density at radius 2 is 1.76 bits per heavy atom. The van der Waals surface area contributed by atoms with E-state index in [-0.39, 0.29) is 28.3 Å². The van der Waals surface area contributed by atoms with Crippen LogP contribution < -0.4 is 0 Å². The molecule has 0 saturated carbocycles. The largest absolute Gasteiger partial charge is 0.507 e. The van der Waals surface area contributed by atoms with Crippen LogP contribution in [-0.4, -0.2) is 16.7 Å². The summed E-state index contributed by atoms with van der Waals surface area (Å²) in [6, 6.07) is 4.57. The minimum Gasteiger partial charge on any atom is -0.507 e. The van der Waals surface area contributed by atoms with Crippen LogP contribution in [0.3, 0.4) is 0 Å². The van der Waals surface area contributed by atoms with E-state index in [9.17, 15) is 14.7 Å². The second-order valence-corrected chi connectivity index (χ2v) is 5.20. The van der Waals surface area contributed by atoms with Crippen LogP contribution in [0.4, 0.5) is 0 Å². The van der Waals surface area contributed by atoms with Crippen LogP contribution in [-0.2, 0) is 0 Å². The van der Waals surface area contributed by atoms with Gasteiger partial charge in [-0.1, -0.05) is 32.9 Å². The van der Waals surface area contributed by atoms with E-state index < -0.39 is 0 Å². The van der Waals surface area contributed by atoms with Gasteiger partial charge in [0.05, 0.1) is 5.56 Å². The molecule has 0 saturated heterocycles. The second kappa shape index (κ2) is 3.55. The third-order valence-electron chi connectivity index (χ3n) is 2.86. The summed E-state index contributed by atoms with van der Waals surface area (Å²) in [6.07, 6.45) is 1.34. The highest BCUT2D eigenvalue weighted by molar-refractivity contribution is 6.25. The van der Waals surface area contributed by atoms with Gasteiger partial charge in [0.2, 0.25) is 0 Å². The molecule has 1 aliphatic carbocycles. The SMILES string of the molecule is CC(C)(C)C1=CC(=O)c2c(O)cccc2C1=O. The first kappa shape index (κ1) is 11.6. The molecular weight excluding hydrogens is 216 g/mol. The number of carbonyl (C=O) groups excluding carboxylic acids is 2. The van der Waals surface area contributed by atoms with Crippen molar-refractivity contribution in [2.24, 2.45) is 5.41 Å². The van der Waals surface area contributed by atoms with Crippen LogP contribution in [0.2, 0.25) is 0 Å². The third-order valence-corrected chi connectivity index (χ3v) is 2.86. The van der Waals surface area contributed by atoms with Crippen LogP contribution in [0.1, 0.15) is 41.5 Å². The highest BCUT2D eigenvalue weighted by Gasteiger charge is 2.33. The predicted molar refractivity (Wildman–Crippen MR) is 64.3 cm³/mol. The number of hydrogen-bond donors (Lipinski definition) is 1. The first-order chi connectivity index (χ1) is 7.82. The van der Waals surface area contributed by atoms with E-state index in [1.54, 1.807) is 12.1 Å². The van der Waals surface area contributed by atoms with Crippen molar-refractivity contribution in [1.29, 1.82) is 0 Å². The van der Waals surface area contributed by atoms with Crippen molar-refractivity contribution in [3.05, 3.63) is 41.0 Å². The molecule has 2 rings (SSSR count). The molecule has 1 aromatic carbocycles. The molecule has 1 aromatic rings. The molecular formula is C14H14O3. The quantitative estimate of drug-likeness (QED) is 0.745. The van der Waals surface area contributed by atoms with Gasteiger partial charge in [-0.2, -0.15) is 0 Å². The summed E-state index contributed by atoms with van der Waals surface area (Å²) in [4.78, 5) is 24.1. The molecule has 1 N–H and O–H groups in total. The lowest BCUT2D eigenvalue weighted by Crippen LogP contribution is -2.25. The average Bonchev–Trinajstić information content (AvgIpc) is 2.21. The Hall–Kier alpha value is -1.90. The van der Waals surface area contributed by atoms with Gasteiger partial charge in [0.15, 0.2) is 11.6 Å². The monoisotopic (exact) mass is 230 g/mol. The summed E-state index contributed by atoms with van der Waals surface area (Å²) in [6.45, 7) is 5.66. The number of fused-ring (bicyclic) bond motifs is 1. The summed E-state index contributed by atoms with van der Waals surface area (Å²) in [5.41, 5.74) is 0.518. The second-order valence-electron chi connectivity index (χ2n) is 5.20. The number of phenolic OH excluding ortho intramolecular Hbond substituents is 1. The Labute approximate surface area is 99.8 Å². The molecule has 17 heavy (non-hydrogen) atoms. The van der Waals surface area contributed by atoms with Gasteiger partial charge in [-0.3, -0.25) is 9.59 Å². The van der Waals surface area contributed by atoms with Crippen LogP contribution >= 0.6 is 0 Å². The van der Waals surface area contributed by atoms with Gasteiger partial charge in [-0.15, -0.1) is 0 Å². The van der Waals surface area contributed by atoms with Gasteiger partial charge >= 0.3 is 0 Å². The lowest BCUT2D eigenvalue weighted by molar-refractivity contribution is 0.0965. The predicted octanol–water partition coefficient (Wildman–Crippen LogP) is 2.74. The summed E-state index contributed by atoms with van der Waals surface area (Å²) >= 11 is 0. The number of aromatic hydroxyl groups is 1. The Kier molecular flexibility index (Phi) is 2.42. The van der Waals surface area contributed by atoms with Crippen molar-refractivity contribution in [3.8, 4) is 5.75 Å². The molecule has 0 radical (unpaired) electrons. The summed E-state index contributed by atoms with van der Waals surface area (Å²) in [5.74, 6) is -0.615. The van der Waals surface area contributed by atoms with E-state index in [4.69, 9.17) is 0 Å². The molecule has 0 unspecified atom stereocenters. The number of hydrogen-bond acceptors (Lipinski definition) is 3. The van der Waals surface area contributed by atoms with Gasteiger partial charge < -0.3 is 5.11 Å². The number of ketones is 2. The summed E-state index contributed by atoms with van der Waals surface area (Å²) < 4.78 is 0. The number of phenols is 1. The zero-order valence-corrected chi connectivity index (χ0v) is 10.1. The maximum atomic E-state index is 12.2. The Morgan fingerprint density at radius 3 is 2.35 bits per heavy atom. The maximum Gasteiger partial charge on any atom is 0.190 e. The van der Waals surface area contributed by atoms with Crippen LogP contribution in [0.5, 0.6) is 5.75 Å². The van der Waals surface area contributed by atoms with Crippen molar-refractivity contribution in [2.75, 3.05) is 0 Å². The summed E-state index contributed by atoms with van der Waals surface area (Å²) in [5, 5.41) is 9.63. The van der Waals surface area contributed by atoms with Crippen molar-refractivity contribution >= 4 is 11.6 Å². The third kappa shape index (κ3) is 1.78. The molecule has 0 heterocycles. The molecule has 0 aromatic heterocycles. The lowest BCUT2D eigenvalue weighted by atomic mass is 9.77. The molecule has 0 spiro atoms. The fourth-order valence-electron chi connectivity index (χ4n) is 1.96. The minimum absolute atomic E-state index is 0.116. The lowest BCUT2D eigenvalue weighted by Gasteiger charge is -2.25. The van der Waals surface area contributed by atoms with E-state index in [0.29, 0.717) is 11.1 Å². The van der Waals surface area contributed by atoms with Crippen molar-refractivity contribution in [1.82, 2.24) is 0 Å². The molecule has 1 aliphatic rings. The molecule has 0 fully saturated rings. The van der Waals surface area contributed by atoms with Gasteiger partial charge in [0.1, 0.15) is 5.75 Å². The topological polar surface area (TPSA) is 54.4 Å². The van der Waals surface area contributed by atoms with E-state index in [0.717, 1.165) is 0 Å². The van der Waals surface area contributed by atoms with Crippen molar-refractivity contribution in [2.45, 2.75) is 20.8 Å². The molecule has 0 aliphatic heterocycles. The number of carbonyl (C=O) groups is 2. The fourth-order valence-corrected chi connectivity index (χ4v) is 1.96. The zero-order valence-electron chi connectivity index (χ0n) is 10.1. The van der Waals surface area contributed by atoms with E-state index in [1.165, 1.54) is 12.1 Å². The van der Waals surface area contributed by atoms with Gasteiger partial charge in [0.25, 0.3) is 0 Å². The normalized spacial score (nSPS) is 15.6. The summed E-state index contributed by atoms with van der Waals surface area (Å²) in [7, 11) is 0. The highest BCUT2D eigenvalue weighted by atomic mass is 16.3. The van der Waals surface area contributed by atoms with Gasteiger partial charge in [-0.25, -0.2) is 0 Å². The number of allylic oxidation sites excluding steroid dienone is 2. The number of rotatable bonds is 0. The smallest absolute Gasteiger partial charge is 0.190 e. The Bertz CT molecular complexity index is 545. The first-order valence-electron chi connectivity index (χ1n) is 5.45. The van der Waals surface area contributed by atoms with Crippen LogP contribution in [0.15, 0.2) is 29.8 Å². The van der Waals surface area contributed by atoms with Crippen LogP contribution in [0, 0.1) is 5.41 Å². The number of benzene rings is 1. The Morgan fingerprint density at radius 1 is 1.12 bits per heavy atom. The molecule has 3 heteroatoms. The fraction of sp³-hybridized carbons (Fsp3) is 0.286. The van der Waals surface area contributed by atoms with Crippen LogP contribution in [0.25, 0.3) is 0 Å². The van der Waals surface area contributed by atoms with Gasteiger partial charge in [0, 0.05) is 11.1 Å². The highest BCUT2D eigenvalue weighted by Crippen LogP contribution is 2.35. The van der Waals surface area contributed by atoms with Gasteiger partial charge in [-0.05, 0) is 17.6 Å². The molecule has 3 nitrogen and oxygen atoms in total. The van der Waals surface area contributed by atoms with Crippen molar-refractivity contribution < 1.29 is 14.7 Å². The maximum absolute atomic E-state index is 12.2. The van der Waals surface area contributed by atoms with Crippen molar-refractivity contribution in [3.63, 3.8) is 0 Å². The minimum atomic E-state index is -0.379. The number of Topliss-reactive ketones (excluding diaryl/α,β-unsaturated/α-hetero) is 1. The molecule has 0 bridgehead atoms. The van der Waals surface area contributed by atoms with E-state index in [1.807, 2.05) is 20.8 Å². The molecule has 0 amide bonds. The van der Waals surface area contributed by atoms with E-state index >= 15 is 0 Å². The Balaban J connectivity index is 2.66. The van der Waals surface area contributed by atoms with E-state index in [2.05, 4.69) is 0 Å². The zero-order chi connectivity index (χ0) is 12.8. The first-order valence-corrected chi connectivity index (χ1v) is 5.45. The molecule has 88 valence electrons.